The number of hydrogen-bond donors (Lipinski definition) is 1. The Morgan fingerprint density at radius 3 is 2.71 bits per heavy atom. The average Bonchev–Trinajstić information content (AvgIpc) is 3.09. The number of carbonyl (C=O) groups is 3. The fourth-order valence-electron chi connectivity index (χ4n) is 5.44. The number of rotatable bonds is 6. The highest BCUT2D eigenvalue weighted by atomic mass is 19.1. The molecule has 2 saturated heterocycles. The van der Waals surface area contributed by atoms with Crippen LogP contribution in [0.15, 0.2) is 47.3 Å². The summed E-state index contributed by atoms with van der Waals surface area (Å²) in [5.74, 6) is -0.374. The quantitative estimate of drug-likeness (QED) is 0.658. The molecule has 0 saturated carbocycles. The van der Waals surface area contributed by atoms with E-state index in [0.717, 1.165) is 17.0 Å². The zero-order valence-electron chi connectivity index (χ0n) is 18.8. The predicted octanol–water partition coefficient (Wildman–Crippen LogP) is 1.88. The highest BCUT2D eigenvalue weighted by Crippen LogP contribution is 2.35. The van der Waals surface area contributed by atoms with Crippen LogP contribution in [0.1, 0.15) is 36.4 Å². The molecule has 1 aromatic carbocycles. The molecule has 3 aliphatic rings. The number of fused-ring (bicyclic) bond motifs is 4. The van der Waals surface area contributed by atoms with Gasteiger partial charge in [0.15, 0.2) is 0 Å². The molecule has 2 fully saturated rings. The Morgan fingerprint density at radius 2 is 1.88 bits per heavy atom. The van der Waals surface area contributed by atoms with Crippen molar-refractivity contribution in [1.82, 2.24) is 19.7 Å². The van der Waals surface area contributed by atoms with Crippen LogP contribution in [0, 0.1) is 11.7 Å². The van der Waals surface area contributed by atoms with Gasteiger partial charge in [0, 0.05) is 50.3 Å². The maximum atomic E-state index is 13.4. The van der Waals surface area contributed by atoms with E-state index in [1.807, 2.05) is 15.5 Å². The molecule has 9 heteroatoms. The molecule has 8 nitrogen and oxygen atoms in total. The van der Waals surface area contributed by atoms with Crippen molar-refractivity contribution in [3.05, 3.63) is 69.9 Å². The largest absolute Gasteiger partial charge is 0.342 e. The van der Waals surface area contributed by atoms with E-state index in [4.69, 9.17) is 0 Å². The number of likely N-dealkylation sites (tertiary alicyclic amines) is 1. The van der Waals surface area contributed by atoms with E-state index in [2.05, 4.69) is 5.32 Å². The van der Waals surface area contributed by atoms with Crippen molar-refractivity contribution in [3.8, 4) is 0 Å². The fraction of sp³-hybridized carbons (Fsp3) is 0.440. The monoisotopic (exact) mass is 466 g/mol. The molecule has 2 bridgehead atoms. The van der Waals surface area contributed by atoms with Gasteiger partial charge in [-0.1, -0.05) is 18.2 Å². The average molecular weight is 467 g/mol. The Hall–Kier alpha value is -3.49. The van der Waals surface area contributed by atoms with Gasteiger partial charge in [0.05, 0.1) is 0 Å². The Morgan fingerprint density at radius 1 is 1.06 bits per heavy atom. The lowest BCUT2D eigenvalue weighted by atomic mass is 9.83. The van der Waals surface area contributed by atoms with Crippen LogP contribution in [-0.4, -0.2) is 57.9 Å². The van der Waals surface area contributed by atoms with Crippen molar-refractivity contribution in [1.29, 1.82) is 0 Å². The summed E-state index contributed by atoms with van der Waals surface area (Å²) in [6, 6.07) is 10.2. The summed E-state index contributed by atoms with van der Waals surface area (Å²) in [6.45, 7) is 1.93. The highest BCUT2D eigenvalue weighted by molar-refractivity contribution is 6.04. The molecule has 5 rings (SSSR count). The zero-order valence-corrected chi connectivity index (χ0v) is 18.8. The maximum Gasteiger partial charge on any atom is 0.324 e. The second-order valence-corrected chi connectivity index (χ2v) is 9.41. The molecule has 34 heavy (non-hydrogen) atoms. The van der Waals surface area contributed by atoms with E-state index in [1.54, 1.807) is 24.3 Å². The lowest BCUT2D eigenvalue weighted by Crippen LogP contribution is -2.49. The van der Waals surface area contributed by atoms with Gasteiger partial charge in [-0.3, -0.25) is 19.3 Å². The summed E-state index contributed by atoms with van der Waals surface area (Å²) in [4.78, 5) is 53.2. The van der Waals surface area contributed by atoms with E-state index < -0.39 is 12.1 Å². The van der Waals surface area contributed by atoms with Gasteiger partial charge in [0.2, 0.25) is 5.91 Å². The second kappa shape index (κ2) is 9.04. The van der Waals surface area contributed by atoms with Gasteiger partial charge < -0.3 is 14.8 Å². The molecule has 1 aromatic heterocycles. The van der Waals surface area contributed by atoms with Crippen molar-refractivity contribution in [2.45, 2.75) is 44.2 Å². The van der Waals surface area contributed by atoms with Gasteiger partial charge in [0.25, 0.3) is 11.5 Å². The molecule has 2 aromatic rings. The van der Waals surface area contributed by atoms with Gasteiger partial charge in [-0.25, -0.2) is 9.18 Å². The van der Waals surface area contributed by atoms with Gasteiger partial charge in [-0.05, 0) is 48.9 Å². The van der Waals surface area contributed by atoms with Gasteiger partial charge in [-0.2, -0.15) is 0 Å². The van der Waals surface area contributed by atoms with Crippen LogP contribution in [0.25, 0.3) is 0 Å². The van der Waals surface area contributed by atoms with Crippen LogP contribution >= 0.6 is 0 Å². The number of halogens is 1. The van der Waals surface area contributed by atoms with E-state index in [0.29, 0.717) is 31.6 Å². The first-order valence-corrected chi connectivity index (χ1v) is 11.7. The van der Waals surface area contributed by atoms with Crippen molar-refractivity contribution in [2.75, 3.05) is 19.6 Å². The molecule has 3 aliphatic heterocycles. The van der Waals surface area contributed by atoms with Crippen molar-refractivity contribution in [3.63, 3.8) is 0 Å². The number of pyridine rings is 1. The number of nitrogens with zero attached hydrogens (tertiary/aromatic N) is 3. The highest BCUT2D eigenvalue weighted by Gasteiger charge is 2.39. The number of nitrogens with one attached hydrogen (secondary N) is 1. The normalized spacial score (nSPS) is 23.6. The molecule has 4 amide bonds. The first kappa shape index (κ1) is 22.3. The SMILES string of the molecule is O=C(CCC1NC(=O)N(CCc2cccc(F)c2)C1=O)N1CC2CC(C1)c1cccc(=O)n1C2. The fourth-order valence-corrected chi connectivity index (χ4v) is 5.44. The predicted molar refractivity (Wildman–Crippen MR) is 122 cm³/mol. The van der Waals surface area contributed by atoms with Crippen LogP contribution in [0.3, 0.4) is 0 Å². The number of imide groups is 1. The number of aromatic nitrogens is 1. The third-order valence-electron chi connectivity index (χ3n) is 7.10. The van der Waals surface area contributed by atoms with Gasteiger partial charge >= 0.3 is 6.03 Å². The molecule has 0 spiro atoms. The standard InChI is InChI=1S/C25H27FN4O4/c26-19-4-1-3-16(12-19)9-10-29-24(33)20(27-25(29)34)7-8-22(31)28-13-17-11-18(15-28)21-5-2-6-23(32)30(21)14-17/h1-6,12,17-18,20H,7-11,13-15H2,(H,27,34). The van der Waals surface area contributed by atoms with E-state index in [1.165, 1.54) is 12.1 Å². The Kier molecular flexibility index (Phi) is 5.93. The summed E-state index contributed by atoms with van der Waals surface area (Å²) in [6.07, 6.45) is 1.73. The minimum absolute atomic E-state index is 0.00409. The third kappa shape index (κ3) is 4.34. The number of benzene rings is 1. The van der Waals surface area contributed by atoms with Crippen LogP contribution in [0.2, 0.25) is 0 Å². The van der Waals surface area contributed by atoms with Gasteiger partial charge in [-0.15, -0.1) is 0 Å². The smallest absolute Gasteiger partial charge is 0.324 e. The number of hydrogen-bond acceptors (Lipinski definition) is 4. The van der Waals surface area contributed by atoms with Crippen molar-refractivity contribution >= 4 is 17.8 Å². The van der Waals surface area contributed by atoms with Crippen LogP contribution in [0.4, 0.5) is 9.18 Å². The summed E-state index contributed by atoms with van der Waals surface area (Å²) in [5.41, 5.74) is 1.69. The molecule has 4 heterocycles. The van der Waals surface area contributed by atoms with Crippen LogP contribution < -0.4 is 10.9 Å². The first-order valence-electron chi connectivity index (χ1n) is 11.7. The lowest BCUT2D eigenvalue weighted by Gasteiger charge is -2.42. The minimum atomic E-state index is -0.729. The molecule has 1 N–H and O–H groups in total. The number of carbonyl (C=O) groups excluding carboxylic acids is 3. The molecule has 3 unspecified atom stereocenters. The molecular weight excluding hydrogens is 439 g/mol. The van der Waals surface area contributed by atoms with Crippen LogP contribution in [0.5, 0.6) is 0 Å². The van der Waals surface area contributed by atoms with Gasteiger partial charge in [0.1, 0.15) is 11.9 Å². The Bertz CT molecular complexity index is 1200. The lowest BCUT2D eigenvalue weighted by molar-refractivity contribution is -0.134. The number of amides is 4. The maximum absolute atomic E-state index is 13.4. The molecule has 178 valence electrons. The molecule has 0 aliphatic carbocycles. The minimum Gasteiger partial charge on any atom is -0.342 e. The Labute approximate surface area is 196 Å². The second-order valence-electron chi connectivity index (χ2n) is 9.41. The summed E-state index contributed by atoms with van der Waals surface area (Å²) in [5, 5.41) is 2.67. The Balaban J connectivity index is 1.16. The first-order chi connectivity index (χ1) is 16.4. The van der Waals surface area contributed by atoms with E-state index in [-0.39, 0.29) is 54.4 Å². The zero-order chi connectivity index (χ0) is 23.8. The number of urea groups is 1. The van der Waals surface area contributed by atoms with E-state index in [9.17, 15) is 23.6 Å². The summed E-state index contributed by atoms with van der Waals surface area (Å²) >= 11 is 0. The van der Waals surface area contributed by atoms with Crippen molar-refractivity contribution in [2.24, 2.45) is 5.92 Å². The third-order valence-corrected chi connectivity index (χ3v) is 7.10. The number of piperidine rings is 1. The van der Waals surface area contributed by atoms with Crippen molar-refractivity contribution < 1.29 is 18.8 Å². The molecule has 0 radical (unpaired) electrons. The summed E-state index contributed by atoms with van der Waals surface area (Å²) in [7, 11) is 0. The van der Waals surface area contributed by atoms with E-state index >= 15 is 0 Å². The molecular formula is C25H27FN4O4. The topological polar surface area (TPSA) is 91.7 Å². The van der Waals surface area contributed by atoms with Crippen LogP contribution in [-0.2, 0) is 22.6 Å². The summed E-state index contributed by atoms with van der Waals surface area (Å²) < 4.78 is 15.2. The molecule has 3 atom stereocenters.